The van der Waals surface area contributed by atoms with Crippen LogP contribution in [0.1, 0.15) is 80.7 Å². The Morgan fingerprint density at radius 3 is 2.56 bits per heavy atom. The SMILES string of the molecule is CCOc1cc(O)c(CC)cc1CCC1(C2CCCC2)CC(=O)C(Cc2nc3nc(C)cc(C)n3n2)C(=O)O1. The molecular formula is C30H38N4O5. The van der Waals surface area contributed by atoms with Crippen LogP contribution in [0.5, 0.6) is 11.5 Å². The Morgan fingerprint density at radius 2 is 1.87 bits per heavy atom. The van der Waals surface area contributed by atoms with Gasteiger partial charge in [-0.15, -0.1) is 5.10 Å². The van der Waals surface area contributed by atoms with Gasteiger partial charge in [0.05, 0.1) is 6.61 Å². The van der Waals surface area contributed by atoms with E-state index >= 15 is 0 Å². The Hall–Kier alpha value is -3.49. The molecule has 2 aliphatic rings. The number of carbonyl (C=O) groups is 2. The van der Waals surface area contributed by atoms with Gasteiger partial charge in [-0.3, -0.25) is 9.59 Å². The number of ketones is 1. The summed E-state index contributed by atoms with van der Waals surface area (Å²) in [4.78, 5) is 36.0. The van der Waals surface area contributed by atoms with Gasteiger partial charge in [0, 0.05) is 30.3 Å². The lowest BCUT2D eigenvalue weighted by Gasteiger charge is -2.43. The van der Waals surface area contributed by atoms with Gasteiger partial charge < -0.3 is 14.6 Å². The third-order valence-corrected chi connectivity index (χ3v) is 8.36. The molecule has 1 aromatic carbocycles. The summed E-state index contributed by atoms with van der Waals surface area (Å²) in [6, 6.07) is 5.56. The third kappa shape index (κ3) is 5.36. The van der Waals surface area contributed by atoms with Gasteiger partial charge in [0.25, 0.3) is 5.78 Å². The maximum Gasteiger partial charge on any atom is 0.317 e. The normalized spacial score (nSPS) is 22.0. The van der Waals surface area contributed by atoms with Gasteiger partial charge in [0.2, 0.25) is 0 Å². The maximum absolute atomic E-state index is 13.6. The standard InChI is InChI=1S/C30H38N4O5/c1-5-20-14-21(26(38-6-2)16-24(20)35)11-12-30(22-9-7-8-10-22)17-25(36)23(28(37)39-30)15-27-32-29-31-18(3)13-19(4)34(29)33-27/h13-14,16,22-23,35H,5-12,15,17H2,1-4H3. The first-order valence-electron chi connectivity index (χ1n) is 14.2. The number of Topliss-reactive ketones (excluding diaryl/α,β-unsaturated/α-hetero) is 1. The van der Waals surface area contributed by atoms with Crippen LogP contribution in [-0.4, -0.2) is 48.6 Å². The van der Waals surface area contributed by atoms with Gasteiger partial charge in [-0.25, -0.2) is 9.50 Å². The number of phenolic OH excluding ortho intramolecular Hbond substituents is 1. The highest BCUT2D eigenvalue weighted by atomic mass is 16.6. The number of ether oxygens (including phenoxy) is 2. The van der Waals surface area contributed by atoms with Crippen molar-refractivity contribution in [1.29, 1.82) is 0 Å². The predicted octanol–water partition coefficient (Wildman–Crippen LogP) is 4.64. The summed E-state index contributed by atoms with van der Waals surface area (Å²) in [6.07, 6.45) is 6.14. The Balaban J connectivity index is 1.38. The molecule has 3 heterocycles. The van der Waals surface area contributed by atoms with Gasteiger partial charge in [0.1, 0.15) is 23.0 Å². The summed E-state index contributed by atoms with van der Waals surface area (Å²) in [5.41, 5.74) is 2.69. The van der Waals surface area contributed by atoms with E-state index in [4.69, 9.17) is 9.47 Å². The molecule has 9 heteroatoms. The van der Waals surface area contributed by atoms with Crippen LogP contribution in [0.15, 0.2) is 18.2 Å². The number of cyclic esters (lactones) is 1. The molecule has 2 aromatic heterocycles. The van der Waals surface area contributed by atoms with Crippen molar-refractivity contribution in [2.45, 2.75) is 91.1 Å². The Bertz CT molecular complexity index is 1370. The molecule has 0 bridgehead atoms. The number of aromatic nitrogens is 4. The maximum atomic E-state index is 13.6. The van der Waals surface area contributed by atoms with Crippen LogP contribution in [-0.2, 0) is 33.6 Å². The van der Waals surface area contributed by atoms with Crippen LogP contribution in [0.2, 0.25) is 0 Å². The minimum atomic E-state index is -0.919. The van der Waals surface area contributed by atoms with Crippen molar-refractivity contribution < 1.29 is 24.2 Å². The first-order valence-corrected chi connectivity index (χ1v) is 14.2. The Morgan fingerprint density at radius 1 is 1.10 bits per heavy atom. The molecule has 0 spiro atoms. The van der Waals surface area contributed by atoms with Crippen LogP contribution in [0.25, 0.3) is 5.78 Å². The topological polar surface area (TPSA) is 116 Å². The number of aryl methyl sites for hydroxylation is 4. The summed E-state index contributed by atoms with van der Waals surface area (Å²) in [6.45, 7) is 8.20. The number of nitrogens with zero attached hydrogens (tertiary/aromatic N) is 4. The summed E-state index contributed by atoms with van der Waals surface area (Å²) in [7, 11) is 0. The van der Waals surface area contributed by atoms with Gasteiger partial charge in [-0.05, 0) is 82.1 Å². The number of fused-ring (bicyclic) bond motifs is 1. The molecule has 1 saturated carbocycles. The predicted molar refractivity (Wildman–Crippen MR) is 145 cm³/mol. The van der Waals surface area contributed by atoms with E-state index in [1.807, 2.05) is 39.8 Å². The summed E-state index contributed by atoms with van der Waals surface area (Å²) >= 11 is 0. The zero-order valence-corrected chi connectivity index (χ0v) is 23.3. The molecule has 1 aliphatic heterocycles. The van der Waals surface area contributed by atoms with E-state index in [0.29, 0.717) is 43.2 Å². The molecule has 1 saturated heterocycles. The van der Waals surface area contributed by atoms with E-state index in [-0.39, 0.29) is 30.3 Å². The lowest BCUT2D eigenvalue weighted by Crippen LogP contribution is -2.52. The molecule has 3 aromatic rings. The minimum Gasteiger partial charge on any atom is -0.508 e. The minimum absolute atomic E-state index is 0.104. The molecule has 9 nitrogen and oxygen atoms in total. The molecular weight excluding hydrogens is 496 g/mol. The first-order chi connectivity index (χ1) is 18.7. The number of aromatic hydroxyl groups is 1. The molecule has 5 rings (SSSR count). The Kier molecular flexibility index (Phi) is 7.60. The van der Waals surface area contributed by atoms with Crippen molar-refractivity contribution >= 4 is 17.5 Å². The average Bonchev–Trinajstić information content (AvgIpc) is 3.57. The van der Waals surface area contributed by atoms with Crippen LogP contribution in [0.4, 0.5) is 0 Å². The number of benzene rings is 1. The van der Waals surface area contributed by atoms with Crippen LogP contribution in [0, 0.1) is 25.7 Å². The van der Waals surface area contributed by atoms with Gasteiger partial charge in [0.15, 0.2) is 11.6 Å². The van der Waals surface area contributed by atoms with E-state index in [9.17, 15) is 14.7 Å². The van der Waals surface area contributed by atoms with E-state index in [2.05, 4.69) is 15.1 Å². The zero-order valence-electron chi connectivity index (χ0n) is 23.3. The molecule has 1 N–H and O–H groups in total. The number of carbonyl (C=O) groups excluding carboxylic acids is 2. The fourth-order valence-electron chi connectivity index (χ4n) is 6.33. The molecule has 208 valence electrons. The van der Waals surface area contributed by atoms with Crippen molar-refractivity contribution in [3.8, 4) is 11.5 Å². The number of phenols is 1. The largest absolute Gasteiger partial charge is 0.508 e. The molecule has 0 amide bonds. The van der Waals surface area contributed by atoms with Crippen LogP contribution < -0.4 is 4.74 Å². The second-order valence-electron chi connectivity index (χ2n) is 11.0. The monoisotopic (exact) mass is 534 g/mol. The molecule has 39 heavy (non-hydrogen) atoms. The smallest absolute Gasteiger partial charge is 0.317 e. The fourth-order valence-corrected chi connectivity index (χ4v) is 6.33. The zero-order chi connectivity index (χ0) is 27.7. The fraction of sp³-hybridized carbons (Fsp3) is 0.567. The van der Waals surface area contributed by atoms with Crippen molar-refractivity contribution in [2.75, 3.05) is 6.61 Å². The number of rotatable bonds is 9. The van der Waals surface area contributed by atoms with Gasteiger partial charge in [-0.1, -0.05) is 19.8 Å². The number of esters is 1. The van der Waals surface area contributed by atoms with E-state index < -0.39 is 17.5 Å². The molecule has 2 unspecified atom stereocenters. The lowest BCUT2D eigenvalue weighted by molar-refractivity contribution is -0.185. The highest BCUT2D eigenvalue weighted by Crippen LogP contribution is 2.45. The van der Waals surface area contributed by atoms with E-state index in [1.54, 1.807) is 10.6 Å². The van der Waals surface area contributed by atoms with Crippen molar-refractivity contribution in [3.63, 3.8) is 0 Å². The summed E-state index contributed by atoms with van der Waals surface area (Å²) in [5, 5.41) is 14.9. The summed E-state index contributed by atoms with van der Waals surface area (Å²) < 4.78 is 13.8. The molecule has 0 radical (unpaired) electrons. The Labute approximate surface area is 229 Å². The quantitative estimate of drug-likeness (QED) is 0.312. The van der Waals surface area contributed by atoms with Crippen molar-refractivity contribution in [3.05, 3.63) is 46.5 Å². The number of hydrogen-bond acceptors (Lipinski definition) is 8. The number of hydrogen-bond donors (Lipinski definition) is 1. The molecule has 2 fully saturated rings. The second kappa shape index (κ2) is 10.9. The van der Waals surface area contributed by atoms with Gasteiger partial charge in [-0.2, -0.15) is 4.98 Å². The second-order valence-corrected chi connectivity index (χ2v) is 11.0. The average molecular weight is 535 g/mol. The van der Waals surface area contributed by atoms with Crippen LogP contribution >= 0.6 is 0 Å². The molecule has 2 atom stereocenters. The summed E-state index contributed by atoms with van der Waals surface area (Å²) in [5.74, 6) is 0.370. The highest BCUT2D eigenvalue weighted by molar-refractivity contribution is 6.01. The van der Waals surface area contributed by atoms with Crippen molar-refractivity contribution in [1.82, 2.24) is 19.6 Å². The van der Waals surface area contributed by atoms with Crippen molar-refractivity contribution in [2.24, 2.45) is 11.8 Å². The lowest BCUT2D eigenvalue weighted by atomic mass is 9.73. The van der Waals surface area contributed by atoms with E-state index in [0.717, 1.165) is 48.2 Å². The molecule has 1 aliphatic carbocycles. The first kappa shape index (κ1) is 27.1. The van der Waals surface area contributed by atoms with Gasteiger partial charge >= 0.3 is 5.97 Å². The highest BCUT2D eigenvalue weighted by Gasteiger charge is 2.51. The van der Waals surface area contributed by atoms with E-state index in [1.165, 1.54) is 0 Å². The third-order valence-electron chi connectivity index (χ3n) is 8.36. The van der Waals surface area contributed by atoms with Crippen LogP contribution in [0.3, 0.4) is 0 Å².